The summed E-state index contributed by atoms with van der Waals surface area (Å²) >= 11 is 5.88. The van der Waals surface area contributed by atoms with E-state index in [0.29, 0.717) is 22.9 Å². The molecule has 2 aliphatic rings. The molecule has 1 saturated carbocycles. The molecule has 11 heteroatoms. The van der Waals surface area contributed by atoms with Crippen molar-refractivity contribution in [3.05, 3.63) is 83.0 Å². The number of pyridine rings is 2. The molecule has 2 fully saturated rings. The van der Waals surface area contributed by atoms with Crippen LogP contribution < -0.4 is 16.4 Å². The first-order valence-electron chi connectivity index (χ1n) is 13.3. The van der Waals surface area contributed by atoms with Gasteiger partial charge >= 0.3 is 6.03 Å². The van der Waals surface area contributed by atoms with Crippen molar-refractivity contribution in [1.29, 1.82) is 0 Å². The normalized spacial score (nSPS) is 20.1. The zero-order valence-electron chi connectivity index (χ0n) is 22.1. The highest BCUT2D eigenvalue weighted by atomic mass is 35.5. The van der Waals surface area contributed by atoms with Crippen LogP contribution in [0.5, 0.6) is 0 Å². The van der Waals surface area contributed by atoms with Gasteiger partial charge in [-0.15, -0.1) is 0 Å². The average Bonchev–Trinajstić information content (AvgIpc) is 3.70. The number of rotatable bonds is 9. The van der Waals surface area contributed by atoms with Crippen LogP contribution >= 0.6 is 11.6 Å². The first-order chi connectivity index (χ1) is 19.3. The van der Waals surface area contributed by atoms with E-state index in [1.807, 2.05) is 12.1 Å². The van der Waals surface area contributed by atoms with E-state index in [-0.39, 0.29) is 30.6 Å². The summed E-state index contributed by atoms with van der Waals surface area (Å²) in [6.45, 7) is 0.186. The Kier molecular flexibility index (Phi) is 8.30. The van der Waals surface area contributed by atoms with Crippen molar-refractivity contribution in [2.75, 3.05) is 24.3 Å². The van der Waals surface area contributed by atoms with E-state index in [1.54, 1.807) is 36.7 Å². The summed E-state index contributed by atoms with van der Waals surface area (Å²) in [6, 6.07) is 10.0. The van der Waals surface area contributed by atoms with Gasteiger partial charge in [0.1, 0.15) is 17.7 Å². The highest BCUT2D eigenvalue weighted by Gasteiger charge is 2.40. The molecular formula is C29H32ClFN6O3. The molecular weight excluding hydrogens is 535 g/mol. The van der Waals surface area contributed by atoms with E-state index in [1.165, 1.54) is 37.1 Å². The summed E-state index contributed by atoms with van der Waals surface area (Å²) in [5.74, 6) is -0.186. The highest BCUT2D eigenvalue weighted by Crippen LogP contribution is 2.40. The molecule has 0 spiro atoms. The summed E-state index contributed by atoms with van der Waals surface area (Å²) in [7, 11) is 1.52. The Labute approximate surface area is 237 Å². The number of aromatic nitrogens is 2. The van der Waals surface area contributed by atoms with Gasteiger partial charge in [0.05, 0.1) is 22.4 Å². The lowest BCUT2D eigenvalue weighted by Crippen LogP contribution is -2.45. The number of hydrogen-bond acceptors (Lipinski definition) is 6. The fraction of sp³-hybridized carbons (Fsp3) is 0.379. The molecule has 3 amide bonds. The molecule has 3 atom stereocenters. The summed E-state index contributed by atoms with van der Waals surface area (Å²) in [6.07, 6.45) is 8.69. The number of amides is 3. The first-order valence-corrected chi connectivity index (χ1v) is 13.7. The van der Waals surface area contributed by atoms with Gasteiger partial charge in [-0.1, -0.05) is 30.5 Å². The third-order valence-electron chi connectivity index (χ3n) is 7.70. The number of likely N-dealkylation sites (tertiary alicyclic amines) is 1. The lowest BCUT2D eigenvalue weighted by molar-refractivity contribution is -0.119. The molecule has 4 N–H and O–H groups in total. The molecule has 3 aromatic rings. The predicted molar refractivity (Wildman–Crippen MR) is 150 cm³/mol. The Balaban J connectivity index is 1.37. The maximum Gasteiger partial charge on any atom is 0.323 e. The van der Waals surface area contributed by atoms with Gasteiger partial charge in [-0.2, -0.15) is 0 Å². The summed E-state index contributed by atoms with van der Waals surface area (Å²) in [4.78, 5) is 36.1. The van der Waals surface area contributed by atoms with Gasteiger partial charge in [0.25, 0.3) is 0 Å². The van der Waals surface area contributed by atoms with Gasteiger partial charge < -0.3 is 20.7 Å². The number of methoxy groups -OCH3 is 1. The molecule has 3 heterocycles. The number of carbonyl (C=O) groups is 2. The van der Waals surface area contributed by atoms with Crippen LogP contribution in [-0.4, -0.2) is 52.6 Å². The topological polar surface area (TPSA) is 122 Å². The maximum absolute atomic E-state index is 15.0. The van der Waals surface area contributed by atoms with E-state index in [9.17, 15) is 9.59 Å². The number of benzene rings is 1. The third kappa shape index (κ3) is 6.24. The molecule has 1 aromatic carbocycles. The molecule has 5 rings (SSSR count). The minimum absolute atomic E-state index is 0.00149. The SMILES string of the molecule is CO[C@@H]1C[C@H](C(=O)Nc2cc(C(N)(CCC3CC3)c3ccncc3)ccc2F)N(C(=O)Nc2ccc(Cl)cn2)C1. The van der Waals surface area contributed by atoms with Crippen molar-refractivity contribution >= 4 is 35.0 Å². The first kappa shape index (κ1) is 27.9. The number of halogens is 2. The van der Waals surface area contributed by atoms with Crippen molar-refractivity contribution in [1.82, 2.24) is 14.9 Å². The molecule has 40 heavy (non-hydrogen) atoms. The molecule has 210 valence electrons. The van der Waals surface area contributed by atoms with Crippen LogP contribution in [0.3, 0.4) is 0 Å². The number of carbonyl (C=O) groups excluding carboxylic acids is 2. The Morgan fingerprint density at radius 2 is 1.93 bits per heavy atom. The Morgan fingerprint density at radius 1 is 1.15 bits per heavy atom. The van der Waals surface area contributed by atoms with Crippen LogP contribution in [0.4, 0.5) is 20.7 Å². The van der Waals surface area contributed by atoms with Gasteiger partial charge in [-0.25, -0.2) is 14.2 Å². The molecule has 2 aromatic heterocycles. The minimum atomic E-state index is -0.891. The van der Waals surface area contributed by atoms with E-state index in [2.05, 4.69) is 20.6 Å². The zero-order chi connectivity index (χ0) is 28.3. The van der Waals surface area contributed by atoms with Crippen LogP contribution in [-0.2, 0) is 15.1 Å². The van der Waals surface area contributed by atoms with Crippen molar-refractivity contribution in [2.45, 2.75) is 49.8 Å². The highest BCUT2D eigenvalue weighted by molar-refractivity contribution is 6.30. The summed E-state index contributed by atoms with van der Waals surface area (Å²) in [5.41, 5.74) is 7.68. The Hall–Kier alpha value is -3.60. The monoisotopic (exact) mass is 566 g/mol. The second-order valence-electron chi connectivity index (χ2n) is 10.4. The smallest absolute Gasteiger partial charge is 0.323 e. The van der Waals surface area contributed by atoms with Crippen LogP contribution in [0.15, 0.2) is 61.1 Å². The fourth-order valence-electron chi connectivity index (χ4n) is 5.13. The lowest BCUT2D eigenvalue weighted by Gasteiger charge is -2.31. The molecule has 9 nitrogen and oxygen atoms in total. The number of nitrogens with one attached hydrogen (secondary N) is 2. The number of nitrogens with zero attached hydrogens (tertiary/aromatic N) is 3. The molecule has 1 unspecified atom stereocenters. The van der Waals surface area contributed by atoms with Crippen LogP contribution in [0.25, 0.3) is 0 Å². The minimum Gasteiger partial charge on any atom is -0.380 e. The predicted octanol–water partition coefficient (Wildman–Crippen LogP) is 4.92. The zero-order valence-corrected chi connectivity index (χ0v) is 22.9. The van der Waals surface area contributed by atoms with Gasteiger partial charge in [-0.05, 0) is 66.3 Å². The maximum atomic E-state index is 15.0. The van der Waals surface area contributed by atoms with Crippen molar-refractivity contribution in [2.24, 2.45) is 11.7 Å². The van der Waals surface area contributed by atoms with Crippen LogP contribution in [0, 0.1) is 11.7 Å². The number of anilines is 2. The number of ether oxygens (including phenoxy) is 1. The molecule has 1 aliphatic carbocycles. The Bertz CT molecular complexity index is 1360. The number of urea groups is 1. The average molecular weight is 567 g/mol. The molecule has 1 aliphatic heterocycles. The molecule has 1 saturated heterocycles. The fourth-order valence-corrected chi connectivity index (χ4v) is 5.24. The van der Waals surface area contributed by atoms with E-state index >= 15 is 4.39 Å². The van der Waals surface area contributed by atoms with Gasteiger partial charge in [0, 0.05) is 38.7 Å². The number of hydrogen-bond donors (Lipinski definition) is 3. The Morgan fingerprint density at radius 3 is 2.60 bits per heavy atom. The standard InChI is InChI=1S/C29H32ClFN6O3/c1-40-22-15-25(37(17-22)28(39)36-26-7-5-21(30)16-34-26)27(38)35-24-14-20(4-6-23(24)31)29(32,11-8-18-2-3-18)19-9-12-33-13-10-19/h4-7,9-10,12-14,16,18,22,25H,2-3,8,11,15,17,32H2,1H3,(H,35,38)(H,34,36,39)/t22-,25-,29?/m1/s1. The largest absolute Gasteiger partial charge is 0.380 e. The van der Waals surface area contributed by atoms with E-state index in [4.69, 9.17) is 22.1 Å². The van der Waals surface area contributed by atoms with Crippen LogP contribution in [0.2, 0.25) is 5.02 Å². The van der Waals surface area contributed by atoms with Crippen molar-refractivity contribution in [3.8, 4) is 0 Å². The van der Waals surface area contributed by atoms with Crippen molar-refractivity contribution in [3.63, 3.8) is 0 Å². The van der Waals surface area contributed by atoms with E-state index in [0.717, 1.165) is 12.0 Å². The van der Waals surface area contributed by atoms with Crippen molar-refractivity contribution < 1.29 is 18.7 Å². The second kappa shape index (κ2) is 11.9. The number of nitrogens with two attached hydrogens (primary N) is 1. The molecule has 0 bridgehead atoms. The summed E-state index contributed by atoms with van der Waals surface area (Å²) in [5, 5.41) is 5.81. The lowest BCUT2D eigenvalue weighted by atomic mass is 9.79. The van der Waals surface area contributed by atoms with Gasteiger partial charge in [0.2, 0.25) is 5.91 Å². The molecule has 0 radical (unpaired) electrons. The second-order valence-corrected chi connectivity index (χ2v) is 10.9. The summed E-state index contributed by atoms with van der Waals surface area (Å²) < 4.78 is 20.5. The third-order valence-corrected chi connectivity index (χ3v) is 7.92. The van der Waals surface area contributed by atoms with E-state index < -0.39 is 29.3 Å². The van der Waals surface area contributed by atoms with Crippen LogP contribution in [0.1, 0.15) is 43.2 Å². The quantitative estimate of drug-likeness (QED) is 0.338. The van der Waals surface area contributed by atoms with Gasteiger partial charge in [0.15, 0.2) is 0 Å². The van der Waals surface area contributed by atoms with Gasteiger partial charge in [-0.3, -0.25) is 15.1 Å².